The van der Waals surface area contributed by atoms with Crippen LogP contribution in [0.1, 0.15) is 42.1 Å². The minimum atomic E-state index is -0.260. The molecule has 170 valence electrons. The Bertz CT molecular complexity index is 1220. The smallest absolute Gasteiger partial charge is 0.230 e. The molecule has 0 aliphatic carbocycles. The fourth-order valence-electron chi connectivity index (χ4n) is 3.66. The average Bonchev–Trinajstić information content (AvgIpc) is 2.75. The number of phenolic OH excluding ortho intramolecular Hbond substituents is 1. The van der Waals surface area contributed by atoms with Gasteiger partial charge in [0, 0.05) is 31.0 Å². The molecule has 0 fully saturated rings. The Balaban J connectivity index is 1.90. The normalized spacial score (nSPS) is 10.7. The van der Waals surface area contributed by atoms with E-state index in [0.717, 1.165) is 22.4 Å². The first-order valence-electron chi connectivity index (χ1n) is 10.7. The van der Waals surface area contributed by atoms with Crippen molar-refractivity contribution in [2.24, 2.45) is 0 Å². The van der Waals surface area contributed by atoms with Crippen molar-refractivity contribution in [3.63, 3.8) is 0 Å². The van der Waals surface area contributed by atoms with Gasteiger partial charge < -0.3 is 21.1 Å². The lowest BCUT2D eigenvalue weighted by molar-refractivity contribution is -0.115. The minimum absolute atomic E-state index is 0.00395. The van der Waals surface area contributed by atoms with E-state index in [2.05, 4.69) is 16.4 Å². The van der Waals surface area contributed by atoms with Crippen LogP contribution in [-0.4, -0.2) is 30.1 Å². The van der Waals surface area contributed by atoms with Gasteiger partial charge in [-0.3, -0.25) is 4.79 Å². The van der Waals surface area contributed by atoms with Crippen molar-refractivity contribution in [3.05, 3.63) is 64.8 Å². The third-order valence-corrected chi connectivity index (χ3v) is 5.52. The number of anilines is 3. The van der Waals surface area contributed by atoms with E-state index < -0.39 is 0 Å². The number of carbonyl (C=O) groups is 1. The SMILES string of the molecule is Cc1cc(O)c(C(C)C)cc1NC(=O)Cc1cc(-c2ccc(N(C)C)cc2)c(C#N)c(N)n1. The summed E-state index contributed by atoms with van der Waals surface area (Å²) in [6.45, 7) is 5.78. The highest BCUT2D eigenvalue weighted by atomic mass is 16.3. The van der Waals surface area contributed by atoms with Crippen molar-refractivity contribution in [2.75, 3.05) is 30.0 Å². The van der Waals surface area contributed by atoms with E-state index in [1.807, 2.05) is 64.0 Å². The van der Waals surface area contributed by atoms with E-state index in [9.17, 15) is 15.2 Å². The quantitative estimate of drug-likeness (QED) is 0.480. The first-order chi connectivity index (χ1) is 15.6. The van der Waals surface area contributed by atoms with Crippen molar-refractivity contribution in [1.82, 2.24) is 4.98 Å². The Kier molecular flexibility index (Phi) is 6.88. The highest BCUT2D eigenvalue weighted by molar-refractivity contribution is 5.93. The summed E-state index contributed by atoms with van der Waals surface area (Å²) in [5.74, 6) is 0.163. The van der Waals surface area contributed by atoms with Crippen LogP contribution >= 0.6 is 0 Å². The maximum Gasteiger partial charge on any atom is 0.230 e. The van der Waals surface area contributed by atoms with Crippen LogP contribution in [0, 0.1) is 18.3 Å². The number of aromatic hydroxyl groups is 1. The summed E-state index contributed by atoms with van der Waals surface area (Å²) in [6, 6.07) is 15.1. The molecule has 0 radical (unpaired) electrons. The molecule has 0 bridgehead atoms. The molecule has 0 aliphatic heterocycles. The van der Waals surface area contributed by atoms with Gasteiger partial charge in [-0.25, -0.2) is 4.98 Å². The molecule has 4 N–H and O–H groups in total. The highest BCUT2D eigenvalue weighted by Gasteiger charge is 2.16. The standard InChI is InChI=1S/C26H29N5O2/c1-15(2)20-13-23(16(3)10-24(20)32)30-25(33)12-18-11-21(22(14-27)26(28)29-18)17-6-8-19(9-7-17)31(4)5/h6-11,13,15,32H,12H2,1-5H3,(H2,28,29)(H,30,33). The number of benzene rings is 2. The monoisotopic (exact) mass is 443 g/mol. The number of nitriles is 1. The number of carbonyl (C=O) groups excluding carboxylic acids is 1. The van der Waals surface area contributed by atoms with Crippen LogP contribution in [0.15, 0.2) is 42.5 Å². The molecule has 0 atom stereocenters. The van der Waals surface area contributed by atoms with Gasteiger partial charge in [0.1, 0.15) is 23.2 Å². The number of rotatable bonds is 6. The van der Waals surface area contributed by atoms with E-state index in [4.69, 9.17) is 5.73 Å². The predicted octanol–water partition coefficient (Wildman–Crippen LogP) is 4.59. The molecule has 1 aromatic heterocycles. The molecule has 7 heteroatoms. The number of amides is 1. The second-order valence-corrected chi connectivity index (χ2v) is 8.58. The van der Waals surface area contributed by atoms with Gasteiger partial charge >= 0.3 is 0 Å². The lowest BCUT2D eigenvalue weighted by atomic mass is 9.98. The van der Waals surface area contributed by atoms with Crippen LogP contribution in [0.5, 0.6) is 5.75 Å². The molecule has 33 heavy (non-hydrogen) atoms. The molecule has 0 saturated heterocycles. The first-order valence-corrected chi connectivity index (χ1v) is 10.7. The second kappa shape index (κ2) is 9.61. The molecular weight excluding hydrogens is 414 g/mol. The summed E-state index contributed by atoms with van der Waals surface area (Å²) in [5.41, 5.74) is 11.5. The zero-order valence-electron chi connectivity index (χ0n) is 19.6. The Hall–Kier alpha value is -4.05. The maximum absolute atomic E-state index is 12.8. The van der Waals surface area contributed by atoms with Crippen molar-refractivity contribution in [1.29, 1.82) is 5.26 Å². The summed E-state index contributed by atoms with van der Waals surface area (Å²) >= 11 is 0. The number of aromatic nitrogens is 1. The largest absolute Gasteiger partial charge is 0.508 e. The third kappa shape index (κ3) is 5.24. The van der Waals surface area contributed by atoms with Gasteiger partial charge in [0.25, 0.3) is 0 Å². The minimum Gasteiger partial charge on any atom is -0.508 e. The van der Waals surface area contributed by atoms with E-state index in [1.54, 1.807) is 18.2 Å². The van der Waals surface area contributed by atoms with Crippen molar-refractivity contribution >= 4 is 23.1 Å². The molecule has 2 aromatic carbocycles. The highest BCUT2D eigenvalue weighted by Crippen LogP contribution is 2.32. The lowest BCUT2D eigenvalue weighted by Crippen LogP contribution is -2.17. The van der Waals surface area contributed by atoms with Crippen LogP contribution in [0.2, 0.25) is 0 Å². The van der Waals surface area contributed by atoms with E-state index in [1.165, 1.54) is 0 Å². The van der Waals surface area contributed by atoms with Crippen molar-refractivity contribution < 1.29 is 9.90 Å². The number of hydrogen-bond acceptors (Lipinski definition) is 6. The van der Waals surface area contributed by atoms with Gasteiger partial charge in [0.05, 0.1) is 12.1 Å². The number of nitrogens with one attached hydrogen (secondary N) is 1. The number of nitrogens with two attached hydrogens (primary N) is 1. The zero-order chi connectivity index (χ0) is 24.3. The molecule has 7 nitrogen and oxygen atoms in total. The summed E-state index contributed by atoms with van der Waals surface area (Å²) < 4.78 is 0. The summed E-state index contributed by atoms with van der Waals surface area (Å²) in [5, 5.41) is 22.7. The van der Waals surface area contributed by atoms with E-state index >= 15 is 0 Å². The summed E-state index contributed by atoms with van der Waals surface area (Å²) in [6.07, 6.45) is -0.00395. The number of nitrogens with zero attached hydrogens (tertiary/aromatic N) is 3. The number of pyridine rings is 1. The van der Waals surface area contributed by atoms with Crippen LogP contribution in [0.4, 0.5) is 17.2 Å². The van der Waals surface area contributed by atoms with Crippen LogP contribution in [0.25, 0.3) is 11.1 Å². The molecule has 0 spiro atoms. The second-order valence-electron chi connectivity index (χ2n) is 8.58. The number of phenols is 1. The molecule has 0 aliphatic rings. The topological polar surface area (TPSA) is 115 Å². The molecular formula is C26H29N5O2. The molecule has 3 rings (SSSR count). The van der Waals surface area contributed by atoms with Gasteiger partial charge in [0.15, 0.2) is 0 Å². The maximum atomic E-state index is 12.8. The van der Waals surface area contributed by atoms with Gasteiger partial charge in [0.2, 0.25) is 5.91 Å². The molecule has 1 heterocycles. The Labute approximate surface area is 194 Å². The fraction of sp³-hybridized carbons (Fsp3) is 0.269. The Morgan fingerprint density at radius 2 is 1.88 bits per heavy atom. The summed E-state index contributed by atoms with van der Waals surface area (Å²) in [4.78, 5) is 19.1. The molecule has 3 aromatic rings. The van der Waals surface area contributed by atoms with Crippen molar-refractivity contribution in [3.8, 4) is 22.9 Å². The van der Waals surface area contributed by atoms with Gasteiger partial charge in [-0.2, -0.15) is 5.26 Å². The number of aryl methyl sites for hydroxylation is 1. The predicted molar refractivity (Wildman–Crippen MR) is 132 cm³/mol. The van der Waals surface area contributed by atoms with Crippen molar-refractivity contribution in [2.45, 2.75) is 33.1 Å². The third-order valence-electron chi connectivity index (χ3n) is 5.52. The van der Waals surface area contributed by atoms with Gasteiger partial charge in [-0.15, -0.1) is 0 Å². The number of hydrogen-bond donors (Lipinski definition) is 3. The first kappa shape index (κ1) is 23.6. The average molecular weight is 444 g/mol. The Morgan fingerprint density at radius 1 is 1.21 bits per heavy atom. The van der Waals surface area contributed by atoms with Crippen LogP contribution in [0.3, 0.4) is 0 Å². The molecule has 0 unspecified atom stereocenters. The van der Waals surface area contributed by atoms with Gasteiger partial charge in [-0.05, 0) is 59.9 Å². The van der Waals surface area contributed by atoms with Gasteiger partial charge in [-0.1, -0.05) is 26.0 Å². The number of nitrogen functional groups attached to an aromatic ring is 1. The van der Waals surface area contributed by atoms with E-state index in [0.29, 0.717) is 16.9 Å². The molecule has 0 saturated carbocycles. The summed E-state index contributed by atoms with van der Waals surface area (Å²) in [7, 11) is 3.91. The fourth-order valence-corrected chi connectivity index (χ4v) is 3.66. The van der Waals surface area contributed by atoms with Crippen LogP contribution in [-0.2, 0) is 11.2 Å². The zero-order valence-corrected chi connectivity index (χ0v) is 19.6. The van der Waals surface area contributed by atoms with E-state index in [-0.39, 0.29) is 35.4 Å². The lowest BCUT2D eigenvalue weighted by Gasteiger charge is -2.15. The molecule has 1 amide bonds. The van der Waals surface area contributed by atoms with Crippen LogP contribution < -0.4 is 16.0 Å². The Morgan fingerprint density at radius 3 is 2.45 bits per heavy atom.